The summed E-state index contributed by atoms with van der Waals surface area (Å²) < 4.78 is 5.84. The topological polar surface area (TPSA) is 29.5 Å². The number of nitrogens with zero attached hydrogens (tertiary/aromatic N) is 1. The van der Waals surface area contributed by atoms with E-state index in [1.54, 1.807) is 0 Å². The van der Waals surface area contributed by atoms with Crippen LogP contribution in [0.5, 0.6) is 5.75 Å². The average molecular weight is 289 g/mol. The van der Waals surface area contributed by atoms with Gasteiger partial charge in [0.15, 0.2) is 0 Å². The van der Waals surface area contributed by atoms with E-state index in [1.807, 2.05) is 6.07 Å². The molecular weight excluding hydrogens is 262 g/mol. The molecule has 0 amide bonds. The molecule has 1 aromatic carbocycles. The predicted molar refractivity (Wildman–Crippen MR) is 85.7 cm³/mol. The van der Waals surface area contributed by atoms with Crippen LogP contribution in [-0.4, -0.2) is 31.4 Å². The zero-order valence-corrected chi connectivity index (χ0v) is 13.5. The number of hydrogen-bond donors (Lipinski definition) is 0. The van der Waals surface area contributed by atoms with Crippen molar-refractivity contribution in [2.24, 2.45) is 0 Å². The minimum atomic E-state index is -0.0297. The molecule has 1 aromatic rings. The summed E-state index contributed by atoms with van der Waals surface area (Å²) in [6.07, 6.45) is 5.38. The van der Waals surface area contributed by atoms with Crippen molar-refractivity contribution in [1.29, 1.82) is 0 Å². The zero-order valence-electron chi connectivity index (χ0n) is 13.5. The molecule has 116 valence electrons. The monoisotopic (exact) mass is 289 g/mol. The molecule has 1 saturated carbocycles. The van der Waals surface area contributed by atoms with Crippen LogP contribution in [0.3, 0.4) is 0 Å². The highest BCUT2D eigenvalue weighted by Gasteiger charge is 2.38. The fourth-order valence-electron chi connectivity index (χ4n) is 3.15. The van der Waals surface area contributed by atoms with Crippen LogP contribution in [0.2, 0.25) is 0 Å². The van der Waals surface area contributed by atoms with Gasteiger partial charge in [-0.05, 0) is 51.1 Å². The van der Waals surface area contributed by atoms with E-state index in [0.717, 1.165) is 38.0 Å². The maximum Gasteiger partial charge on any atom is 0.133 e. The van der Waals surface area contributed by atoms with Gasteiger partial charge in [-0.1, -0.05) is 25.5 Å². The summed E-state index contributed by atoms with van der Waals surface area (Å²) in [5.41, 5.74) is 1.24. The van der Waals surface area contributed by atoms with Crippen molar-refractivity contribution in [3.8, 4) is 5.75 Å². The van der Waals surface area contributed by atoms with Gasteiger partial charge in [0.25, 0.3) is 0 Å². The normalized spacial score (nSPS) is 18.0. The fraction of sp³-hybridized carbons (Fsp3) is 0.611. The standard InChI is InChI=1S/C18H27NO2/c1-4-5-13-21-17-8-6-7-15(14-17)18(19(2)3)11-9-16(20)10-12-18/h6-8,14H,4-5,9-13H2,1-3H3. The van der Waals surface area contributed by atoms with Gasteiger partial charge >= 0.3 is 0 Å². The maximum absolute atomic E-state index is 11.6. The van der Waals surface area contributed by atoms with E-state index >= 15 is 0 Å². The Morgan fingerprint density at radius 3 is 2.57 bits per heavy atom. The summed E-state index contributed by atoms with van der Waals surface area (Å²) >= 11 is 0. The quantitative estimate of drug-likeness (QED) is 0.747. The van der Waals surface area contributed by atoms with Gasteiger partial charge < -0.3 is 4.74 Å². The van der Waals surface area contributed by atoms with Crippen LogP contribution in [0, 0.1) is 0 Å². The fourth-order valence-corrected chi connectivity index (χ4v) is 3.15. The molecule has 0 aliphatic heterocycles. The Morgan fingerprint density at radius 2 is 1.95 bits per heavy atom. The molecule has 0 heterocycles. The third-order valence-electron chi connectivity index (χ3n) is 4.63. The second-order valence-electron chi connectivity index (χ2n) is 6.19. The number of rotatable bonds is 6. The lowest BCUT2D eigenvalue weighted by Crippen LogP contribution is -2.44. The van der Waals surface area contributed by atoms with Gasteiger partial charge in [-0.3, -0.25) is 9.69 Å². The number of carbonyl (C=O) groups excluding carboxylic acids is 1. The molecule has 0 atom stereocenters. The third-order valence-corrected chi connectivity index (χ3v) is 4.63. The van der Waals surface area contributed by atoms with Crippen LogP contribution in [0.4, 0.5) is 0 Å². The van der Waals surface area contributed by atoms with E-state index < -0.39 is 0 Å². The van der Waals surface area contributed by atoms with Crippen LogP contribution in [0.25, 0.3) is 0 Å². The van der Waals surface area contributed by atoms with Crippen molar-refractivity contribution in [3.05, 3.63) is 29.8 Å². The Kier molecular flexibility index (Phi) is 5.40. The minimum absolute atomic E-state index is 0.0297. The molecular formula is C18H27NO2. The highest BCUT2D eigenvalue weighted by atomic mass is 16.5. The molecule has 0 spiro atoms. The van der Waals surface area contributed by atoms with Crippen molar-refractivity contribution in [3.63, 3.8) is 0 Å². The van der Waals surface area contributed by atoms with Crippen molar-refractivity contribution < 1.29 is 9.53 Å². The van der Waals surface area contributed by atoms with Crippen LogP contribution in [-0.2, 0) is 10.3 Å². The molecule has 0 N–H and O–H groups in total. The van der Waals surface area contributed by atoms with Gasteiger partial charge in [0.05, 0.1) is 6.61 Å². The lowest BCUT2D eigenvalue weighted by molar-refractivity contribution is -0.122. The summed E-state index contributed by atoms with van der Waals surface area (Å²) in [4.78, 5) is 13.9. The summed E-state index contributed by atoms with van der Waals surface area (Å²) in [6, 6.07) is 8.42. The van der Waals surface area contributed by atoms with Gasteiger partial charge in [0.1, 0.15) is 11.5 Å². The van der Waals surface area contributed by atoms with Crippen LogP contribution in [0.15, 0.2) is 24.3 Å². The number of ketones is 1. The van der Waals surface area contributed by atoms with Gasteiger partial charge in [-0.15, -0.1) is 0 Å². The number of ether oxygens (including phenoxy) is 1. The second kappa shape index (κ2) is 7.08. The number of hydrogen-bond acceptors (Lipinski definition) is 3. The minimum Gasteiger partial charge on any atom is -0.494 e. The van der Waals surface area contributed by atoms with Gasteiger partial charge in [0, 0.05) is 18.4 Å². The molecule has 0 unspecified atom stereocenters. The molecule has 0 aromatic heterocycles. The van der Waals surface area contributed by atoms with Gasteiger partial charge in [-0.2, -0.15) is 0 Å². The molecule has 0 saturated heterocycles. The van der Waals surface area contributed by atoms with Crippen molar-refractivity contribution in [1.82, 2.24) is 4.90 Å². The molecule has 2 rings (SSSR count). The Labute approximate surface area is 128 Å². The van der Waals surface area contributed by atoms with Crippen molar-refractivity contribution in [2.75, 3.05) is 20.7 Å². The number of benzene rings is 1. The number of unbranched alkanes of at least 4 members (excludes halogenated alkanes) is 1. The van der Waals surface area contributed by atoms with Crippen molar-refractivity contribution >= 4 is 5.78 Å². The summed E-state index contributed by atoms with van der Waals surface area (Å²) in [5.74, 6) is 1.34. The molecule has 1 aliphatic rings. The molecule has 3 nitrogen and oxygen atoms in total. The first kappa shape index (κ1) is 16.0. The smallest absolute Gasteiger partial charge is 0.133 e. The highest BCUT2D eigenvalue weighted by molar-refractivity contribution is 5.79. The molecule has 0 radical (unpaired) electrons. The Balaban J connectivity index is 2.20. The van der Waals surface area contributed by atoms with E-state index in [-0.39, 0.29) is 5.54 Å². The number of carbonyl (C=O) groups is 1. The summed E-state index contributed by atoms with van der Waals surface area (Å²) in [6.45, 7) is 2.94. The largest absolute Gasteiger partial charge is 0.494 e. The Hall–Kier alpha value is -1.35. The van der Waals surface area contributed by atoms with E-state index in [0.29, 0.717) is 18.6 Å². The zero-order chi connectivity index (χ0) is 15.3. The van der Waals surface area contributed by atoms with E-state index in [1.165, 1.54) is 5.56 Å². The third kappa shape index (κ3) is 3.65. The average Bonchev–Trinajstić information content (AvgIpc) is 2.48. The molecule has 1 fully saturated rings. The van der Waals surface area contributed by atoms with E-state index in [9.17, 15) is 4.79 Å². The predicted octanol–water partition coefficient (Wildman–Crippen LogP) is 3.77. The second-order valence-corrected chi connectivity index (χ2v) is 6.19. The SMILES string of the molecule is CCCCOc1cccc(C2(N(C)C)CCC(=O)CC2)c1. The lowest BCUT2D eigenvalue weighted by Gasteiger charge is -2.43. The molecule has 0 bridgehead atoms. The first-order valence-corrected chi connectivity index (χ1v) is 8.01. The van der Waals surface area contributed by atoms with Crippen LogP contribution in [0.1, 0.15) is 51.0 Å². The van der Waals surface area contributed by atoms with Crippen LogP contribution >= 0.6 is 0 Å². The maximum atomic E-state index is 11.6. The Morgan fingerprint density at radius 1 is 1.24 bits per heavy atom. The Bertz CT molecular complexity index is 472. The summed E-state index contributed by atoms with van der Waals surface area (Å²) in [5, 5.41) is 0. The van der Waals surface area contributed by atoms with Gasteiger partial charge in [-0.25, -0.2) is 0 Å². The van der Waals surface area contributed by atoms with E-state index in [2.05, 4.69) is 44.1 Å². The summed E-state index contributed by atoms with van der Waals surface area (Å²) in [7, 11) is 4.22. The number of Topliss-reactive ketones (excluding diaryl/α,β-unsaturated/α-hetero) is 1. The molecule has 21 heavy (non-hydrogen) atoms. The molecule has 3 heteroatoms. The first-order valence-electron chi connectivity index (χ1n) is 8.01. The van der Waals surface area contributed by atoms with E-state index in [4.69, 9.17) is 4.74 Å². The highest BCUT2D eigenvalue weighted by Crippen LogP contribution is 2.40. The lowest BCUT2D eigenvalue weighted by atomic mass is 9.75. The van der Waals surface area contributed by atoms with Crippen LogP contribution < -0.4 is 4.74 Å². The van der Waals surface area contributed by atoms with Crippen molar-refractivity contribution in [2.45, 2.75) is 51.0 Å². The first-order chi connectivity index (χ1) is 10.1. The van der Waals surface area contributed by atoms with Gasteiger partial charge in [0.2, 0.25) is 0 Å². The molecule has 1 aliphatic carbocycles.